The van der Waals surface area contributed by atoms with Gasteiger partial charge in [-0.05, 0) is 18.1 Å². The first kappa shape index (κ1) is 21.0. The third kappa shape index (κ3) is 4.90. The van der Waals surface area contributed by atoms with Crippen LogP contribution in [0.1, 0.15) is 18.3 Å². The topological polar surface area (TPSA) is 76.1 Å². The van der Waals surface area contributed by atoms with Crippen molar-refractivity contribution in [2.75, 3.05) is 12.4 Å². The summed E-state index contributed by atoms with van der Waals surface area (Å²) in [4.78, 5) is 22.9. The van der Waals surface area contributed by atoms with Crippen molar-refractivity contribution in [3.63, 3.8) is 0 Å². The highest BCUT2D eigenvalue weighted by Crippen LogP contribution is 2.37. The Hall–Kier alpha value is -3.29. The zero-order chi connectivity index (χ0) is 21.6. The van der Waals surface area contributed by atoms with Crippen LogP contribution >= 0.6 is 11.3 Å². The van der Waals surface area contributed by atoms with E-state index in [2.05, 4.69) is 38.1 Å². The van der Waals surface area contributed by atoms with Crippen LogP contribution in [-0.2, 0) is 22.7 Å². The molecule has 1 amide bonds. The Morgan fingerprint density at radius 1 is 1.06 bits per heavy atom. The fraction of sp³-hybridized carbons (Fsp3) is 0.208. The Balaban J connectivity index is 1.61. The number of anilines is 1. The lowest BCUT2D eigenvalue weighted by atomic mass is 10.1. The summed E-state index contributed by atoms with van der Waals surface area (Å²) in [6.07, 6.45) is 0. The van der Waals surface area contributed by atoms with Crippen molar-refractivity contribution in [3.05, 3.63) is 77.4 Å². The fourth-order valence-corrected chi connectivity index (χ4v) is 4.29. The number of ether oxygens (including phenoxy) is 1. The molecule has 0 fully saturated rings. The number of thiophene rings is 1. The zero-order valence-electron chi connectivity index (χ0n) is 17.5. The van der Waals surface area contributed by atoms with Gasteiger partial charge in [0.2, 0.25) is 5.91 Å². The molecule has 7 heteroatoms. The number of rotatable bonds is 8. The highest BCUT2D eigenvalue weighted by atomic mass is 32.1. The molecule has 0 radical (unpaired) electrons. The van der Waals surface area contributed by atoms with Gasteiger partial charge in [0.15, 0.2) is 5.82 Å². The van der Waals surface area contributed by atoms with Crippen molar-refractivity contribution in [2.45, 2.75) is 26.1 Å². The minimum absolute atomic E-state index is 0.0969. The molecule has 31 heavy (non-hydrogen) atoms. The Kier molecular flexibility index (Phi) is 6.54. The number of carbonyl (C=O) groups is 1. The molecule has 0 spiro atoms. The quantitative estimate of drug-likeness (QED) is 0.425. The SMILES string of the molecule is COCc1nc(NC(C)C(=O)NCc2ccccc2)c2c(-c3ccccc3)csc2n1. The first-order chi connectivity index (χ1) is 15.2. The van der Waals surface area contributed by atoms with E-state index >= 15 is 0 Å². The molecule has 0 saturated carbocycles. The van der Waals surface area contributed by atoms with E-state index in [0.717, 1.165) is 26.9 Å². The molecule has 1 unspecified atom stereocenters. The molecule has 1 atom stereocenters. The van der Waals surface area contributed by atoms with Crippen LogP contribution in [0.25, 0.3) is 21.3 Å². The second-order valence-corrected chi connectivity index (χ2v) is 8.04. The second-order valence-electron chi connectivity index (χ2n) is 7.19. The summed E-state index contributed by atoms with van der Waals surface area (Å²) in [5.41, 5.74) is 3.18. The molecule has 0 bridgehead atoms. The van der Waals surface area contributed by atoms with E-state index in [1.165, 1.54) is 0 Å². The molecule has 0 aliphatic rings. The zero-order valence-corrected chi connectivity index (χ0v) is 18.3. The molecule has 2 aromatic heterocycles. The van der Waals surface area contributed by atoms with Crippen LogP contribution < -0.4 is 10.6 Å². The first-order valence-corrected chi connectivity index (χ1v) is 10.9. The maximum Gasteiger partial charge on any atom is 0.242 e. The largest absolute Gasteiger partial charge is 0.377 e. The van der Waals surface area contributed by atoms with Crippen LogP contribution in [-0.4, -0.2) is 29.0 Å². The van der Waals surface area contributed by atoms with Gasteiger partial charge in [0, 0.05) is 24.6 Å². The minimum atomic E-state index is -0.472. The Morgan fingerprint density at radius 3 is 2.48 bits per heavy atom. The monoisotopic (exact) mass is 432 g/mol. The smallest absolute Gasteiger partial charge is 0.242 e. The number of nitrogens with one attached hydrogen (secondary N) is 2. The lowest BCUT2D eigenvalue weighted by molar-refractivity contribution is -0.121. The van der Waals surface area contributed by atoms with Gasteiger partial charge in [-0.2, -0.15) is 0 Å². The van der Waals surface area contributed by atoms with E-state index in [-0.39, 0.29) is 5.91 Å². The van der Waals surface area contributed by atoms with Gasteiger partial charge in [-0.25, -0.2) is 9.97 Å². The minimum Gasteiger partial charge on any atom is -0.377 e. The summed E-state index contributed by atoms with van der Waals surface area (Å²) in [6.45, 7) is 2.62. The molecular formula is C24H24N4O2S. The molecule has 2 heterocycles. The summed E-state index contributed by atoms with van der Waals surface area (Å²) in [7, 11) is 1.62. The lowest BCUT2D eigenvalue weighted by Gasteiger charge is -2.17. The van der Waals surface area contributed by atoms with Gasteiger partial charge in [-0.3, -0.25) is 4.79 Å². The molecule has 6 nitrogen and oxygen atoms in total. The van der Waals surface area contributed by atoms with Crippen LogP contribution in [0.4, 0.5) is 5.82 Å². The summed E-state index contributed by atoms with van der Waals surface area (Å²) in [5, 5.41) is 9.28. The van der Waals surface area contributed by atoms with Crippen molar-refractivity contribution in [1.29, 1.82) is 0 Å². The number of fused-ring (bicyclic) bond motifs is 1. The van der Waals surface area contributed by atoms with E-state index in [1.54, 1.807) is 18.4 Å². The van der Waals surface area contributed by atoms with E-state index in [1.807, 2.05) is 55.5 Å². The molecule has 0 aliphatic heterocycles. The summed E-state index contributed by atoms with van der Waals surface area (Å²) < 4.78 is 5.24. The maximum absolute atomic E-state index is 12.7. The Morgan fingerprint density at radius 2 is 1.77 bits per heavy atom. The molecular weight excluding hydrogens is 408 g/mol. The van der Waals surface area contributed by atoms with Gasteiger partial charge in [0.05, 0.1) is 5.39 Å². The highest BCUT2D eigenvalue weighted by Gasteiger charge is 2.19. The third-order valence-electron chi connectivity index (χ3n) is 4.89. The number of amides is 1. The van der Waals surface area contributed by atoms with E-state index in [4.69, 9.17) is 4.74 Å². The van der Waals surface area contributed by atoms with Crippen LogP contribution in [0.2, 0.25) is 0 Å². The molecule has 2 N–H and O–H groups in total. The van der Waals surface area contributed by atoms with E-state index in [0.29, 0.717) is 24.8 Å². The first-order valence-electron chi connectivity index (χ1n) is 10.1. The van der Waals surface area contributed by atoms with E-state index < -0.39 is 6.04 Å². The maximum atomic E-state index is 12.7. The van der Waals surface area contributed by atoms with Crippen molar-refractivity contribution in [1.82, 2.24) is 15.3 Å². The normalized spacial score (nSPS) is 11.9. The van der Waals surface area contributed by atoms with Gasteiger partial charge < -0.3 is 15.4 Å². The predicted molar refractivity (Wildman–Crippen MR) is 125 cm³/mol. The fourth-order valence-electron chi connectivity index (χ4n) is 3.32. The van der Waals surface area contributed by atoms with Gasteiger partial charge in [0.1, 0.15) is 23.3 Å². The van der Waals surface area contributed by atoms with Gasteiger partial charge in [0.25, 0.3) is 0 Å². The van der Waals surface area contributed by atoms with E-state index in [9.17, 15) is 4.79 Å². The number of methoxy groups -OCH3 is 1. The van der Waals surface area contributed by atoms with Crippen molar-refractivity contribution >= 4 is 33.3 Å². The van der Waals surface area contributed by atoms with Crippen molar-refractivity contribution < 1.29 is 9.53 Å². The number of hydrogen-bond donors (Lipinski definition) is 2. The number of hydrogen-bond acceptors (Lipinski definition) is 6. The van der Waals surface area contributed by atoms with Gasteiger partial charge in [-0.1, -0.05) is 60.7 Å². The highest BCUT2D eigenvalue weighted by molar-refractivity contribution is 7.17. The van der Waals surface area contributed by atoms with Crippen LogP contribution in [0.15, 0.2) is 66.0 Å². The van der Waals surface area contributed by atoms with Crippen molar-refractivity contribution in [2.24, 2.45) is 0 Å². The summed E-state index contributed by atoms with van der Waals surface area (Å²) >= 11 is 1.56. The number of aromatic nitrogens is 2. The number of carbonyl (C=O) groups excluding carboxylic acids is 1. The number of benzene rings is 2. The third-order valence-corrected chi connectivity index (χ3v) is 5.77. The lowest BCUT2D eigenvalue weighted by Crippen LogP contribution is -2.37. The molecule has 4 aromatic rings. The van der Waals surface area contributed by atoms with Gasteiger partial charge >= 0.3 is 0 Å². The number of nitrogens with zero attached hydrogens (tertiary/aromatic N) is 2. The van der Waals surface area contributed by atoms with Crippen LogP contribution in [0.3, 0.4) is 0 Å². The predicted octanol–water partition coefficient (Wildman–Crippen LogP) is 4.62. The Bertz CT molecular complexity index is 1160. The molecule has 2 aromatic carbocycles. The summed E-state index contributed by atoms with van der Waals surface area (Å²) in [6, 6.07) is 19.5. The van der Waals surface area contributed by atoms with Crippen molar-refractivity contribution in [3.8, 4) is 11.1 Å². The molecule has 158 valence electrons. The second kappa shape index (κ2) is 9.68. The Labute approximate surface area is 185 Å². The molecule has 4 rings (SSSR count). The average molecular weight is 433 g/mol. The van der Waals surface area contributed by atoms with Gasteiger partial charge in [-0.15, -0.1) is 11.3 Å². The average Bonchev–Trinajstić information content (AvgIpc) is 3.23. The van der Waals surface area contributed by atoms with Crippen LogP contribution in [0, 0.1) is 0 Å². The molecule has 0 saturated heterocycles. The summed E-state index contributed by atoms with van der Waals surface area (Å²) in [5.74, 6) is 1.12. The van der Waals surface area contributed by atoms with Crippen LogP contribution in [0.5, 0.6) is 0 Å². The standard InChI is InChI=1S/C24H24N4O2S/c1-16(23(29)25-13-17-9-5-3-6-10-17)26-22-21-19(18-11-7-4-8-12-18)15-31-24(21)28-20(27-22)14-30-2/h3-12,15-16H,13-14H2,1-2H3,(H,25,29)(H,26,27,28). The molecule has 0 aliphatic carbocycles.